The second-order valence-electron chi connectivity index (χ2n) is 7.58. The first-order chi connectivity index (χ1) is 11.4. The van der Waals surface area contributed by atoms with Gasteiger partial charge in [0.15, 0.2) is 0 Å². The summed E-state index contributed by atoms with van der Waals surface area (Å²) in [6.45, 7) is 6.70. The van der Waals surface area contributed by atoms with Gasteiger partial charge in [0.2, 0.25) is 0 Å². The van der Waals surface area contributed by atoms with Crippen LogP contribution in [0.5, 0.6) is 0 Å². The molecular formula is C20H31KN4. The Balaban J connectivity index is 0.000000379. The third-order valence-electron chi connectivity index (χ3n) is 4.72. The van der Waals surface area contributed by atoms with E-state index in [1.807, 2.05) is 24.3 Å². The van der Waals surface area contributed by atoms with Crippen molar-refractivity contribution in [3.8, 4) is 0 Å². The number of piperidine rings is 1. The number of benzene rings is 1. The summed E-state index contributed by atoms with van der Waals surface area (Å²) >= 11 is 0. The predicted molar refractivity (Wildman–Crippen MR) is 103 cm³/mol. The molecule has 1 aromatic rings. The van der Waals surface area contributed by atoms with Crippen molar-refractivity contribution in [2.45, 2.75) is 52.4 Å². The first-order valence-electron chi connectivity index (χ1n) is 8.95. The molecule has 5 N–H and O–H groups in total. The number of hydrogen-bond acceptors (Lipinski definition) is 3. The SMILES string of the molecule is C1CC[N-]CC1.CC1(C)CCC(C(=N)c2cccc(N)c2)=C(N)C1.[K+]. The molecule has 0 spiro atoms. The Kier molecular flexibility index (Phi) is 9.92. The van der Waals surface area contributed by atoms with Crippen molar-refractivity contribution in [1.29, 1.82) is 5.41 Å². The summed E-state index contributed by atoms with van der Waals surface area (Å²) in [4.78, 5) is 0. The Labute approximate surface area is 195 Å². The molecule has 1 saturated heterocycles. The number of hydrogen-bond donors (Lipinski definition) is 3. The number of nitrogens with zero attached hydrogens (tertiary/aromatic N) is 1. The molecule has 0 unspecified atom stereocenters. The van der Waals surface area contributed by atoms with E-state index in [2.05, 4.69) is 19.2 Å². The van der Waals surface area contributed by atoms with E-state index >= 15 is 0 Å². The summed E-state index contributed by atoms with van der Waals surface area (Å²) in [6.07, 6.45) is 6.90. The molecule has 3 rings (SSSR count). The van der Waals surface area contributed by atoms with Crippen LogP contribution in [0.15, 0.2) is 35.5 Å². The van der Waals surface area contributed by atoms with Crippen LogP contribution in [-0.4, -0.2) is 18.8 Å². The Morgan fingerprint density at radius 2 is 1.80 bits per heavy atom. The summed E-state index contributed by atoms with van der Waals surface area (Å²) in [5.74, 6) is 0. The Bertz CT molecular complexity index is 592. The molecule has 5 heteroatoms. The van der Waals surface area contributed by atoms with E-state index in [1.165, 1.54) is 19.3 Å². The number of rotatable bonds is 2. The summed E-state index contributed by atoms with van der Waals surface area (Å²) in [5.41, 5.74) is 16.1. The van der Waals surface area contributed by atoms with E-state index in [4.69, 9.17) is 16.9 Å². The van der Waals surface area contributed by atoms with Gasteiger partial charge in [0.1, 0.15) is 0 Å². The molecule has 1 fully saturated rings. The molecule has 25 heavy (non-hydrogen) atoms. The van der Waals surface area contributed by atoms with E-state index in [1.54, 1.807) is 0 Å². The molecule has 1 aliphatic carbocycles. The molecule has 0 aromatic heterocycles. The van der Waals surface area contributed by atoms with Crippen molar-refractivity contribution in [2.75, 3.05) is 18.8 Å². The van der Waals surface area contributed by atoms with Gasteiger partial charge in [0, 0.05) is 16.9 Å². The summed E-state index contributed by atoms with van der Waals surface area (Å²) < 4.78 is 0. The van der Waals surface area contributed by atoms with Crippen LogP contribution >= 0.6 is 0 Å². The fourth-order valence-electron chi connectivity index (χ4n) is 3.22. The third kappa shape index (κ3) is 7.53. The molecule has 2 aliphatic rings. The molecule has 0 radical (unpaired) electrons. The largest absolute Gasteiger partial charge is 1.00 e. The molecule has 0 bridgehead atoms. The van der Waals surface area contributed by atoms with Gasteiger partial charge >= 0.3 is 51.4 Å². The van der Waals surface area contributed by atoms with Crippen molar-refractivity contribution in [3.63, 3.8) is 0 Å². The summed E-state index contributed by atoms with van der Waals surface area (Å²) in [7, 11) is 0. The van der Waals surface area contributed by atoms with Crippen LogP contribution in [-0.2, 0) is 0 Å². The molecule has 1 heterocycles. The second-order valence-corrected chi connectivity index (χ2v) is 7.58. The first kappa shape index (κ1) is 22.9. The zero-order chi connectivity index (χ0) is 17.6. The average Bonchev–Trinajstić information content (AvgIpc) is 2.56. The second kappa shape index (κ2) is 10.8. The van der Waals surface area contributed by atoms with Crippen molar-refractivity contribution in [1.82, 2.24) is 0 Å². The minimum atomic E-state index is 0. The standard InChI is InChI=1S/C15H21N3.C5H10N.K/c1-15(2)7-6-12(13(17)9-15)14(18)10-4-3-5-11(16)8-10;1-2-4-6-5-3-1;/h3-5,8,18H,6-7,9,16-17H2,1-2H3;1-5H2;/q;-1;+1. The van der Waals surface area contributed by atoms with Crippen LogP contribution in [0.25, 0.3) is 5.32 Å². The number of anilines is 1. The molecule has 0 atom stereocenters. The monoisotopic (exact) mass is 366 g/mol. The van der Waals surface area contributed by atoms with Gasteiger partial charge in [-0.25, -0.2) is 0 Å². The van der Waals surface area contributed by atoms with Gasteiger partial charge < -0.3 is 16.8 Å². The van der Waals surface area contributed by atoms with Crippen LogP contribution < -0.4 is 62.9 Å². The first-order valence-corrected chi connectivity index (χ1v) is 8.95. The molecular weight excluding hydrogens is 335 g/mol. The summed E-state index contributed by atoms with van der Waals surface area (Å²) in [6, 6.07) is 7.46. The minimum Gasteiger partial charge on any atom is -0.662 e. The maximum Gasteiger partial charge on any atom is 1.00 e. The van der Waals surface area contributed by atoms with Crippen LogP contribution in [0.2, 0.25) is 0 Å². The van der Waals surface area contributed by atoms with Gasteiger partial charge in [0.05, 0.1) is 5.71 Å². The Morgan fingerprint density at radius 1 is 1.12 bits per heavy atom. The maximum absolute atomic E-state index is 8.29. The van der Waals surface area contributed by atoms with E-state index < -0.39 is 0 Å². The smallest absolute Gasteiger partial charge is 0.662 e. The molecule has 4 nitrogen and oxygen atoms in total. The maximum atomic E-state index is 8.29. The van der Waals surface area contributed by atoms with E-state index in [0.717, 1.165) is 49.2 Å². The molecule has 132 valence electrons. The normalized spacial score (nSPS) is 19.3. The zero-order valence-corrected chi connectivity index (χ0v) is 19.2. The summed E-state index contributed by atoms with van der Waals surface area (Å²) in [5, 5.41) is 12.5. The van der Waals surface area contributed by atoms with Crippen molar-refractivity contribution < 1.29 is 51.4 Å². The Morgan fingerprint density at radius 3 is 2.28 bits per heavy atom. The fourth-order valence-corrected chi connectivity index (χ4v) is 3.22. The van der Waals surface area contributed by atoms with Gasteiger partial charge in [-0.3, -0.25) is 5.41 Å². The average molecular weight is 367 g/mol. The fraction of sp³-hybridized carbons (Fsp3) is 0.550. The predicted octanol–water partition coefficient (Wildman–Crippen LogP) is 1.61. The minimum absolute atomic E-state index is 0. The third-order valence-corrected chi connectivity index (χ3v) is 4.72. The van der Waals surface area contributed by atoms with Crippen LogP contribution in [0.4, 0.5) is 5.69 Å². The van der Waals surface area contributed by atoms with Gasteiger partial charge in [-0.15, -0.1) is 13.1 Å². The van der Waals surface area contributed by atoms with E-state index in [9.17, 15) is 0 Å². The van der Waals surface area contributed by atoms with E-state index in [-0.39, 0.29) is 56.8 Å². The van der Waals surface area contributed by atoms with Crippen LogP contribution in [0, 0.1) is 10.8 Å². The quantitative estimate of drug-likeness (QED) is 0.422. The van der Waals surface area contributed by atoms with Crippen LogP contribution in [0.1, 0.15) is 57.9 Å². The van der Waals surface area contributed by atoms with Gasteiger partial charge in [0.25, 0.3) is 0 Å². The zero-order valence-electron chi connectivity index (χ0n) is 16.1. The van der Waals surface area contributed by atoms with Crippen molar-refractivity contribution in [3.05, 3.63) is 46.4 Å². The number of nitrogen functional groups attached to an aromatic ring is 1. The van der Waals surface area contributed by atoms with Crippen LogP contribution in [0.3, 0.4) is 0 Å². The van der Waals surface area contributed by atoms with Gasteiger partial charge in [-0.1, -0.05) is 45.2 Å². The van der Waals surface area contributed by atoms with Gasteiger partial charge in [-0.2, -0.15) is 0 Å². The number of allylic oxidation sites excluding steroid dienone is 2. The Hall–Kier alpha value is -0.174. The van der Waals surface area contributed by atoms with Gasteiger partial charge in [-0.05, 0) is 42.4 Å². The van der Waals surface area contributed by atoms with Crippen molar-refractivity contribution in [2.24, 2.45) is 11.1 Å². The molecule has 1 aromatic carbocycles. The number of nitrogens with two attached hydrogens (primary N) is 2. The van der Waals surface area contributed by atoms with Crippen molar-refractivity contribution >= 4 is 11.4 Å². The molecule has 0 saturated carbocycles. The van der Waals surface area contributed by atoms with E-state index in [0.29, 0.717) is 11.4 Å². The topological polar surface area (TPSA) is 90.0 Å². The number of nitrogens with one attached hydrogen (secondary N) is 1. The molecule has 1 aliphatic heterocycles. The molecule has 0 amide bonds.